The zero-order valence-electron chi connectivity index (χ0n) is 11.5. The molecule has 0 aliphatic heterocycles. The summed E-state index contributed by atoms with van der Waals surface area (Å²) < 4.78 is 10.3. The molecular weight excluding hydrogens is 244 g/mol. The van der Waals surface area contributed by atoms with E-state index >= 15 is 0 Å². The molecule has 0 aromatic rings. The maximum atomic E-state index is 12.7. The molecule has 3 saturated carbocycles. The number of hydrogen-bond donors (Lipinski definition) is 0. The molecule has 104 valence electrons. The van der Waals surface area contributed by atoms with E-state index in [0.29, 0.717) is 18.8 Å². The fourth-order valence-corrected chi connectivity index (χ4v) is 4.44. The Labute approximate surface area is 113 Å². The Morgan fingerprint density at radius 2 is 2.16 bits per heavy atom. The van der Waals surface area contributed by atoms with E-state index in [4.69, 9.17) is 9.47 Å². The quantitative estimate of drug-likeness (QED) is 0.574. The minimum absolute atomic E-state index is 0.0957. The molecule has 0 N–H and O–H groups in total. The number of methoxy groups -OCH3 is 1. The Hall–Kier alpha value is -1.16. The number of carbonyl (C=O) groups is 2. The van der Waals surface area contributed by atoms with Crippen molar-refractivity contribution in [3.63, 3.8) is 0 Å². The van der Waals surface area contributed by atoms with E-state index in [2.05, 4.69) is 0 Å². The topological polar surface area (TPSA) is 52.6 Å². The number of Topliss-reactive ketones (excluding diaryl/α,β-unsaturated/α-hetero) is 1. The number of esters is 1. The second-order valence-corrected chi connectivity index (χ2v) is 5.94. The van der Waals surface area contributed by atoms with Gasteiger partial charge in [-0.15, -0.1) is 0 Å². The van der Waals surface area contributed by atoms with E-state index < -0.39 is 0 Å². The van der Waals surface area contributed by atoms with Crippen LogP contribution in [0.1, 0.15) is 32.6 Å². The summed E-state index contributed by atoms with van der Waals surface area (Å²) in [5.74, 6) is -0.00234. The highest BCUT2D eigenvalue weighted by Crippen LogP contribution is 2.77. The summed E-state index contributed by atoms with van der Waals surface area (Å²) in [4.78, 5) is 24.4. The zero-order chi connectivity index (χ0) is 13.7. The van der Waals surface area contributed by atoms with Gasteiger partial charge in [0.05, 0.1) is 18.6 Å². The molecule has 3 aliphatic rings. The molecule has 1 spiro atoms. The van der Waals surface area contributed by atoms with Gasteiger partial charge in [0.1, 0.15) is 0 Å². The molecule has 0 aromatic carbocycles. The molecule has 0 radical (unpaired) electrons. The van der Waals surface area contributed by atoms with Gasteiger partial charge >= 0.3 is 5.97 Å². The highest BCUT2D eigenvalue weighted by molar-refractivity contribution is 6.09. The predicted molar refractivity (Wildman–Crippen MR) is 68.4 cm³/mol. The van der Waals surface area contributed by atoms with Crippen LogP contribution in [0, 0.1) is 16.7 Å². The van der Waals surface area contributed by atoms with Crippen molar-refractivity contribution in [2.24, 2.45) is 16.7 Å². The largest absolute Gasteiger partial charge is 0.463 e. The first-order valence-corrected chi connectivity index (χ1v) is 7.03. The monoisotopic (exact) mass is 264 g/mol. The number of hydrogen-bond acceptors (Lipinski definition) is 4. The summed E-state index contributed by atoms with van der Waals surface area (Å²) in [6.45, 7) is 2.60. The summed E-state index contributed by atoms with van der Waals surface area (Å²) >= 11 is 0. The molecule has 0 saturated heterocycles. The van der Waals surface area contributed by atoms with Crippen molar-refractivity contribution in [1.82, 2.24) is 0 Å². The highest BCUT2D eigenvalue weighted by Gasteiger charge is 2.75. The van der Waals surface area contributed by atoms with Crippen molar-refractivity contribution in [2.75, 3.05) is 20.3 Å². The van der Waals surface area contributed by atoms with Gasteiger partial charge in [0.2, 0.25) is 0 Å². The fourth-order valence-electron chi connectivity index (χ4n) is 4.44. The van der Waals surface area contributed by atoms with Gasteiger partial charge in [-0.1, -0.05) is 0 Å². The summed E-state index contributed by atoms with van der Waals surface area (Å²) in [7, 11) is 1.65. The summed E-state index contributed by atoms with van der Waals surface area (Å²) in [6, 6.07) is 0. The fraction of sp³-hybridized carbons (Fsp3) is 0.733. The summed E-state index contributed by atoms with van der Waals surface area (Å²) in [5.41, 5.74) is 0.433. The number of rotatable bonds is 4. The molecule has 3 aliphatic carbocycles. The molecule has 2 unspecified atom stereocenters. The van der Waals surface area contributed by atoms with Gasteiger partial charge in [0.25, 0.3) is 0 Å². The Balaban J connectivity index is 1.95. The van der Waals surface area contributed by atoms with Crippen LogP contribution in [0.15, 0.2) is 11.6 Å². The third kappa shape index (κ3) is 1.49. The van der Waals surface area contributed by atoms with E-state index in [1.807, 2.05) is 0 Å². The van der Waals surface area contributed by atoms with Crippen LogP contribution in [0.3, 0.4) is 0 Å². The van der Waals surface area contributed by atoms with Crippen LogP contribution in [-0.2, 0) is 19.1 Å². The van der Waals surface area contributed by atoms with Crippen LogP contribution in [0.25, 0.3) is 0 Å². The molecule has 0 amide bonds. The van der Waals surface area contributed by atoms with E-state index in [0.717, 1.165) is 25.7 Å². The zero-order valence-corrected chi connectivity index (χ0v) is 11.5. The van der Waals surface area contributed by atoms with Crippen molar-refractivity contribution in [1.29, 1.82) is 0 Å². The molecule has 2 atom stereocenters. The van der Waals surface area contributed by atoms with Crippen LogP contribution in [0.5, 0.6) is 0 Å². The minimum Gasteiger partial charge on any atom is -0.463 e. The van der Waals surface area contributed by atoms with Crippen LogP contribution < -0.4 is 0 Å². The van der Waals surface area contributed by atoms with Gasteiger partial charge in [0, 0.05) is 18.8 Å². The first-order chi connectivity index (χ1) is 9.11. The number of allylic oxidation sites excluding steroid dienone is 1. The van der Waals surface area contributed by atoms with Gasteiger partial charge in [-0.05, 0) is 43.9 Å². The Bertz CT molecular complexity index is 461. The third-order valence-corrected chi connectivity index (χ3v) is 5.29. The maximum Gasteiger partial charge on any atom is 0.331 e. The Kier molecular flexibility index (Phi) is 2.82. The van der Waals surface area contributed by atoms with Crippen molar-refractivity contribution in [3.05, 3.63) is 11.6 Å². The summed E-state index contributed by atoms with van der Waals surface area (Å²) in [5, 5.41) is 0. The van der Waals surface area contributed by atoms with Crippen LogP contribution in [-0.4, -0.2) is 32.1 Å². The Morgan fingerprint density at radius 3 is 2.74 bits per heavy atom. The molecule has 3 rings (SSSR count). The van der Waals surface area contributed by atoms with Crippen LogP contribution >= 0.6 is 0 Å². The number of ketones is 1. The van der Waals surface area contributed by atoms with E-state index in [9.17, 15) is 9.59 Å². The smallest absolute Gasteiger partial charge is 0.331 e. The van der Waals surface area contributed by atoms with Gasteiger partial charge in [-0.3, -0.25) is 4.79 Å². The van der Waals surface area contributed by atoms with Gasteiger partial charge in [-0.25, -0.2) is 4.79 Å². The number of ether oxygens (including phenoxy) is 2. The highest BCUT2D eigenvalue weighted by atomic mass is 16.5. The first-order valence-electron chi connectivity index (χ1n) is 7.03. The molecule has 2 bridgehead atoms. The molecule has 0 heterocycles. The van der Waals surface area contributed by atoms with E-state index in [-0.39, 0.29) is 28.5 Å². The van der Waals surface area contributed by atoms with Gasteiger partial charge in [0.15, 0.2) is 5.78 Å². The van der Waals surface area contributed by atoms with E-state index in [1.165, 1.54) is 6.08 Å². The standard InChI is InChI=1S/C15H20O4/c1-3-19-12(16)8-10-11-4-5-15(9-18-2,13(10)17)14(11)6-7-14/h8,11H,3-7,9H2,1-2H3. The van der Waals surface area contributed by atoms with Crippen molar-refractivity contribution in [2.45, 2.75) is 32.6 Å². The lowest BCUT2D eigenvalue weighted by Gasteiger charge is -2.29. The molecule has 4 nitrogen and oxygen atoms in total. The normalized spacial score (nSPS) is 36.2. The average molecular weight is 264 g/mol. The second-order valence-electron chi connectivity index (χ2n) is 5.94. The second kappa shape index (κ2) is 4.17. The predicted octanol–water partition coefficient (Wildman–Crippen LogP) is 1.88. The summed E-state index contributed by atoms with van der Waals surface area (Å²) in [6.07, 6.45) is 5.53. The van der Waals surface area contributed by atoms with E-state index in [1.54, 1.807) is 14.0 Å². The molecule has 4 heteroatoms. The van der Waals surface area contributed by atoms with Crippen molar-refractivity contribution in [3.8, 4) is 0 Å². The van der Waals surface area contributed by atoms with Crippen LogP contribution in [0.2, 0.25) is 0 Å². The van der Waals surface area contributed by atoms with Gasteiger partial charge < -0.3 is 9.47 Å². The molecule has 19 heavy (non-hydrogen) atoms. The molecule has 3 fully saturated rings. The molecule has 0 aromatic heterocycles. The third-order valence-electron chi connectivity index (χ3n) is 5.29. The molecular formula is C15H20O4. The van der Waals surface area contributed by atoms with Gasteiger partial charge in [-0.2, -0.15) is 0 Å². The van der Waals surface area contributed by atoms with Crippen molar-refractivity contribution >= 4 is 11.8 Å². The Morgan fingerprint density at radius 1 is 1.42 bits per heavy atom. The number of carbonyl (C=O) groups excluding carboxylic acids is 2. The lowest BCUT2D eigenvalue weighted by atomic mass is 9.76. The lowest BCUT2D eigenvalue weighted by molar-refractivity contribution is -0.138. The van der Waals surface area contributed by atoms with Crippen molar-refractivity contribution < 1.29 is 19.1 Å². The SMILES string of the molecule is CCOC(=O)C=C1C(=O)C2(COC)CCC1C21CC1. The lowest BCUT2D eigenvalue weighted by Crippen LogP contribution is -2.36. The average Bonchev–Trinajstić information content (AvgIpc) is 3.07. The minimum atomic E-state index is -0.387. The maximum absolute atomic E-state index is 12.7. The first kappa shape index (κ1) is 12.9. The van der Waals surface area contributed by atoms with Crippen LogP contribution in [0.4, 0.5) is 0 Å².